The second-order valence-corrected chi connectivity index (χ2v) is 14.6. The van der Waals surface area contributed by atoms with Gasteiger partial charge in [-0.05, 0) is 76.8 Å². The molecular weight excluding hydrogens is 632 g/mol. The highest BCUT2D eigenvalue weighted by Gasteiger charge is 2.61. The van der Waals surface area contributed by atoms with Crippen molar-refractivity contribution >= 4 is 30.0 Å². The molecule has 3 heterocycles. The summed E-state index contributed by atoms with van der Waals surface area (Å²) in [6, 6.07) is 5.77. The highest BCUT2D eigenvalue weighted by Crippen LogP contribution is 2.45. The van der Waals surface area contributed by atoms with Crippen LogP contribution >= 0.6 is 0 Å². The monoisotopic (exact) mass is 682 g/mol. The first-order valence-electron chi connectivity index (χ1n) is 17.4. The number of methoxy groups -OCH3 is 1. The van der Waals surface area contributed by atoms with Gasteiger partial charge in [0, 0.05) is 25.4 Å². The van der Waals surface area contributed by atoms with Crippen LogP contribution in [0.25, 0.3) is 0 Å². The molecular formula is C36H50N4O9. The summed E-state index contributed by atoms with van der Waals surface area (Å²) < 4.78 is 16.9. The van der Waals surface area contributed by atoms with E-state index < -0.39 is 59.3 Å². The highest BCUT2D eigenvalue weighted by atomic mass is 16.6. The number of hydrogen-bond donors (Lipinski definition) is 3. The van der Waals surface area contributed by atoms with Gasteiger partial charge in [0.05, 0.1) is 13.7 Å². The Bertz CT molecular complexity index is 1430. The number of nitrogens with one attached hydrogen (secondary N) is 2. The molecule has 0 bridgehead atoms. The van der Waals surface area contributed by atoms with E-state index in [2.05, 4.69) is 10.6 Å². The van der Waals surface area contributed by atoms with Crippen molar-refractivity contribution in [2.75, 3.05) is 26.7 Å². The van der Waals surface area contributed by atoms with Gasteiger partial charge in [-0.25, -0.2) is 14.4 Å². The zero-order valence-electron chi connectivity index (χ0n) is 28.9. The second-order valence-electron chi connectivity index (χ2n) is 14.6. The van der Waals surface area contributed by atoms with Crippen LogP contribution in [0.1, 0.15) is 90.0 Å². The number of para-hydroxylation sites is 1. The van der Waals surface area contributed by atoms with Gasteiger partial charge in [-0.2, -0.15) is 0 Å². The Balaban J connectivity index is 1.31. The molecule has 13 nitrogen and oxygen atoms in total. The molecule has 2 saturated heterocycles. The van der Waals surface area contributed by atoms with Gasteiger partial charge in [-0.1, -0.05) is 43.2 Å². The van der Waals surface area contributed by atoms with Crippen LogP contribution in [0.5, 0.6) is 5.75 Å². The molecule has 49 heavy (non-hydrogen) atoms. The molecule has 0 unspecified atom stereocenters. The number of nitrogens with zero attached hydrogens (tertiary/aromatic N) is 2. The number of alkyl carbamates (subject to hydrolysis) is 1. The van der Waals surface area contributed by atoms with Crippen molar-refractivity contribution in [2.24, 2.45) is 5.92 Å². The van der Waals surface area contributed by atoms with Gasteiger partial charge >= 0.3 is 18.2 Å². The summed E-state index contributed by atoms with van der Waals surface area (Å²) in [6.45, 7) is 6.04. The third-order valence-corrected chi connectivity index (χ3v) is 9.91. The third-order valence-electron chi connectivity index (χ3n) is 9.91. The number of carbonyl (C=O) groups excluding carboxylic acids is 4. The van der Waals surface area contributed by atoms with E-state index >= 15 is 0 Å². The van der Waals surface area contributed by atoms with Gasteiger partial charge in [0.1, 0.15) is 35.1 Å². The van der Waals surface area contributed by atoms with Crippen molar-refractivity contribution < 1.29 is 43.3 Å². The molecule has 1 aromatic carbocycles. The molecule has 3 N–H and O–H groups in total. The molecule has 1 saturated carbocycles. The Labute approximate surface area is 287 Å². The number of likely N-dealkylation sites (tertiary alicyclic amines) is 1. The van der Waals surface area contributed by atoms with Crippen LogP contribution in [0.2, 0.25) is 0 Å². The fourth-order valence-corrected chi connectivity index (χ4v) is 7.19. The minimum Gasteiger partial charge on any atom is -0.496 e. The molecule has 5 rings (SSSR count). The van der Waals surface area contributed by atoms with E-state index in [1.54, 1.807) is 32.8 Å². The molecule has 268 valence electrons. The number of rotatable bonds is 5. The molecule has 13 heteroatoms. The Morgan fingerprint density at radius 1 is 1.04 bits per heavy atom. The third kappa shape index (κ3) is 8.66. The van der Waals surface area contributed by atoms with E-state index in [1.165, 1.54) is 4.90 Å². The van der Waals surface area contributed by atoms with E-state index in [4.69, 9.17) is 14.2 Å². The number of carboxylic acid groups (broad SMARTS) is 1. The second kappa shape index (κ2) is 15.1. The van der Waals surface area contributed by atoms with Crippen LogP contribution in [0.15, 0.2) is 36.4 Å². The van der Waals surface area contributed by atoms with Crippen LogP contribution in [0, 0.1) is 5.92 Å². The molecule has 4 amide bonds. The summed E-state index contributed by atoms with van der Waals surface area (Å²) in [5.41, 5.74) is -1.15. The standard InChI is InChI=1S/C36H50N4O9/c1-35(2,3)49-33(45)37-27-14-9-7-5-6-8-12-24-21-36(24,32(43)44)38-30(41)28-20-25(22-40(28)31(27)42)48-34(46)39-18-16-23(17-19-39)26-13-10-11-15-29(26)47-4/h8,10-13,15,23-25,27-28H,5-7,9,14,16-22H2,1-4H3,(H,37,45)(H,38,41)(H,43,44)/t24-,25-,27+,28+,36-/m1/s1. The smallest absolute Gasteiger partial charge is 0.410 e. The van der Waals surface area contributed by atoms with Gasteiger partial charge in [-0.15, -0.1) is 0 Å². The molecule has 0 spiro atoms. The van der Waals surface area contributed by atoms with Crippen molar-refractivity contribution in [2.45, 2.75) is 114 Å². The SMILES string of the molecule is COc1ccccc1C1CCN(C(=O)O[C@@H]2C[C@H]3C(=O)N[C@]4(C(=O)O)C[C@H]4C=CCCCCC[C@H](NC(=O)OC(C)(C)C)C(=O)N3C2)CC1. The summed E-state index contributed by atoms with van der Waals surface area (Å²) in [4.78, 5) is 69.5. The largest absolute Gasteiger partial charge is 0.496 e. The number of aliphatic carboxylic acids is 1. The summed E-state index contributed by atoms with van der Waals surface area (Å²) >= 11 is 0. The fraction of sp³-hybridized carbons (Fsp3) is 0.639. The summed E-state index contributed by atoms with van der Waals surface area (Å²) in [5, 5.41) is 15.5. The number of amides is 4. The molecule has 5 atom stereocenters. The lowest BCUT2D eigenvalue weighted by molar-refractivity contribution is -0.145. The zero-order chi connectivity index (χ0) is 35.3. The van der Waals surface area contributed by atoms with Gasteiger partial charge < -0.3 is 39.8 Å². The predicted octanol–water partition coefficient (Wildman–Crippen LogP) is 4.35. The van der Waals surface area contributed by atoms with Crippen LogP contribution in [-0.2, 0) is 23.9 Å². The number of ether oxygens (including phenoxy) is 3. The van der Waals surface area contributed by atoms with Crippen LogP contribution in [0.4, 0.5) is 9.59 Å². The van der Waals surface area contributed by atoms with E-state index in [0.29, 0.717) is 25.9 Å². The minimum atomic E-state index is -1.46. The first-order valence-corrected chi connectivity index (χ1v) is 17.4. The lowest BCUT2D eigenvalue weighted by Crippen LogP contribution is -2.56. The van der Waals surface area contributed by atoms with Crippen LogP contribution in [0.3, 0.4) is 0 Å². The van der Waals surface area contributed by atoms with Crippen LogP contribution < -0.4 is 15.4 Å². The average molecular weight is 683 g/mol. The zero-order valence-corrected chi connectivity index (χ0v) is 28.9. The highest BCUT2D eigenvalue weighted by molar-refractivity contribution is 5.96. The van der Waals surface area contributed by atoms with Crippen molar-refractivity contribution in [3.8, 4) is 5.75 Å². The summed E-state index contributed by atoms with van der Waals surface area (Å²) in [6.07, 6.45) is 6.68. The lowest BCUT2D eigenvalue weighted by Gasteiger charge is -2.32. The van der Waals surface area contributed by atoms with E-state index in [0.717, 1.165) is 43.4 Å². The van der Waals surface area contributed by atoms with E-state index in [1.807, 2.05) is 36.4 Å². The Hall–Kier alpha value is -4.29. The van der Waals surface area contributed by atoms with Crippen LogP contribution in [-0.4, -0.2) is 101 Å². The molecule has 1 aliphatic carbocycles. The molecule has 0 aromatic heterocycles. The first-order chi connectivity index (χ1) is 23.3. The fourth-order valence-electron chi connectivity index (χ4n) is 7.19. The Morgan fingerprint density at radius 3 is 2.47 bits per heavy atom. The Morgan fingerprint density at radius 2 is 1.78 bits per heavy atom. The number of carboxylic acids is 1. The average Bonchev–Trinajstić information content (AvgIpc) is 3.59. The van der Waals surface area contributed by atoms with Crippen molar-refractivity contribution in [1.82, 2.24) is 20.4 Å². The lowest BCUT2D eigenvalue weighted by atomic mass is 9.89. The maximum absolute atomic E-state index is 14.2. The van der Waals surface area contributed by atoms with E-state index in [9.17, 15) is 29.1 Å². The number of fused-ring (bicyclic) bond motifs is 2. The number of piperidine rings is 1. The molecule has 3 aliphatic heterocycles. The topological polar surface area (TPSA) is 164 Å². The minimum absolute atomic E-state index is 0.00362. The molecule has 0 radical (unpaired) electrons. The van der Waals surface area contributed by atoms with Crippen molar-refractivity contribution in [3.05, 3.63) is 42.0 Å². The first kappa shape index (κ1) is 36.0. The van der Waals surface area contributed by atoms with Gasteiger partial charge in [0.2, 0.25) is 11.8 Å². The molecule has 1 aromatic rings. The predicted molar refractivity (Wildman–Crippen MR) is 179 cm³/mol. The number of hydrogen-bond acceptors (Lipinski definition) is 8. The van der Waals surface area contributed by atoms with E-state index in [-0.39, 0.29) is 31.2 Å². The van der Waals surface area contributed by atoms with Crippen molar-refractivity contribution in [3.63, 3.8) is 0 Å². The maximum Gasteiger partial charge on any atom is 0.410 e. The molecule has 4 aliphatic rings. The quantitative estimate of drug-likeness (QED) is 0.383. The van der Waals surface area contributed by atoms with Gasteiger partial charge in [-0.3, -0.25) is 9.59 Å². The number of allylic oxidation sites excluding steroid dienone is 1. The summed E-state index contributed by atoms with van der Waals surface area (Å²) in [5.74, 6) is -1.59. The normalized spacial score (nSPS) is 28.2. The van der Waals surface area contributed by atoms with Gasteiger partial charge in [0.15, 0.2) is 0 Å². The van der Waals surface area contributed by atoms with Crippen molar-refractivity contribution in [1.29, 1.82) is 0 Å². The number of carbonyl (C=O) groups is 5. The summed E-state index contributed by atoms with van der Waals surface area (Å²) in [7, 11) is 1.64. The number of benzene rings is 1. The maximum atomic E-state index is 14.2. The van der Waals surface area contributed by atoms with Gasteiger partial charge in [0.25, 0.3) is 0 Å². The Kier molecular flexibility index (Phi) is 11.1. The molecule has 3 fully saturated rings.